The van der Waals surface area contributed by atoms with E-state index in [1.807, 2.05) is 0 Å². The summed E-state index contributed by atoms with van der Waals surface area (Å²) in [7, 11) is 0. The molecule has 0 saturated heterocycles. The first kappa shape index (κ1) is 16.7. The van der Waals surface area contributed by atoms with Crippen LogP contribution in [0, 0.1) is 5.82 Å². The number of benzene rings is 1. The smallest absolute Gasteiger partial charge is 0.415 e. The van der Waals surface area contributed by atoms with E-state index in [2.05, 4.69) is 5.32 Å². The van der Waals surface area contributed by atoms with Gasteiger partial charge in [-0.1, -0.05) is 12.1 Å². The quantitative estimate of drug-likeness (QED) is 0.659. The lowest BCUT2D eigenvalue weighted by atomic mass is 10.3. The van der Waals surface area contributed by atoms with Gasteiger partial charge in [0.2, 0.25) is 0 Å². The molecule has 0 saturated carbocycles. The third-order valence-corrected chi connectivity index (χ3v) is 2.36. The summed E-state index contributed by atoms with van der Waals surface area (Å²) in [5.41, 5.74) is 0. The Morgan fingerprint density at radius 1 is 1.15 bits per heavy atom. The molecule has 8 heteroatoms. The fourth-order valence-corrected chi connectivity index (χ4v) is 1.31. The lowest BCUT2D eigenvalue weighted by Gasteiger charge is -2.17. The van der Waals surface area contributed by atoms with Crippen molar-refractivity contribution in [3.63, 3.8) is 0 Å². The van der Waals surface area contributed by atoms with Crippen molar-refractivity contribution in [1.82, 2.24) is 5.32 Å². The predicted octanol–water partition coefficient (Wildman–Crippen LogP) is 1.08. The summed E-state index contributed by atoms with van der Waals surface area (Å²) in [6, 6.07) is 5.56. The minimum Gasteiger partial charge on any atom is -0.488 e. The third-order valence-electron chi connectivity index (χ3n) is 2.36. The van der Waals surface area contributed by atoms with Gasteiger partial charge in [-0.2, -0.15) is 13.2 Å². The summed E-state index contributed by atoms with van der Waals surface area (Å²) in [5.74, 6) is -0.651. The number of hydrogen-bond donors (Lipinski definition) is 3. The van der Waals surface area contributed by atoms with Gasteiger partial charge in [0, 0.05) is 13.1 Å². The second kappa shape index (κ2) is 7.41. The van der Waals surface area contributed by atoms with E-state index < -0.39 is 30.7 Å². The van der Waals surface area contributed by atoms with Gasteiger partial charge in [0.15, 0.2) is 17.7 Å². The maximum absolute atomic E-state index is 13.1. The summed E-state index contributed by atoms with van der Waals surface area (Å²) >= 11 is 0. The molecular formula is C12H15F4NO3. The highest BCUT2D eigenvalue weighted by Gasteiger charge is 2.37. The number of rotatable bonds is 7. The number of ether oxygens (including phenoxy) is 1. The largest absolute Gasteiger partial charge is 0.488 e. The predicted molar refractivity (Wildman–Crippen MR) is 62.8 cm³/mol. The van der Waals surface area contributed by atoms with E-state index in [9.17, 15) is 22.7 Å². The summed E-state index contributed by atoms with van der Waals surface area (Å²) < 4.78 is 54.0. The van der Waals surface area contributed by atoms with Crippen molar-refractivity contribution in [2.24, 2.45) is 0 Å². The fraction of sp³-hybridized carbons (Fsp3) is 0.500. The maximum Gasteiger partial charge on any atom is 0.415 e. The van der Waals surface area contributed by atoms with Gasteiger partial charge in [-0.05, 0) is 12.1 Å². The number of hydrogen-bond acceptors (Lipinski definition) is 4. The van der Waals surface area contributed by atoms with Crippen LogP contribution in [0.4, 0.5) is 17.6 Å². The molecule has 2 unspecified atom stereocenters. The second-order valence-electron chi connectivity index (χ2n) is 4.11. The van der Waals surface area contributed by atoms with E-state index in [4.69, 9.17) is 9.84 Å². The normalized spacial score (nSPS) is 14.9. The lowest BCUT2D eigenvalue weighted by molar-refractivity contribution is -0.202. The van der Waals surface area contributed by atoms with Crippen molar-refractivity contribution >= 4 is 0 Å². The molecule has 3 N–H and O–H groups in total. The molecule has 0 spiro atoms. The number of alkyl halides is 3. The minimum absolute atomic E-state index is 0.0538. The van der Waals surface area contributed by atoms with Crippen molar-refractivity contribution in [3.8, 4) is 5.75 Å². The van der Waals surface area contributed by atoms with Gasteiger partial charge in [-0.25, -0.2) is 4.39 Å². The van der Waals surface area contributed by atoms with Crippen LogP contribution in [0.2, 0.25) is 0 Å². The molecule has 114 valence electrons. The van der Waals surface area contributed by atoms with Gasteiger partial charge in [-0.3, -0.25) is 0 Å². The van der Waals surface area contributed by atoms with Crippen LogP contribution < -0.4 is 10.1 Å². The molecule has 0 heterocycles. The highest BCUT2D eigenvalue weighted by atomic mass is 19.4. The van der Waals surface area contributed by atoms with Crippen LogP contribution in [0.25, 0.3) is 0 Å². The Balaban J connectivity index is 2.24. The number of aliphatic hydroxyl groups is 2. The number of nitrogens with one attached hydrogen (secondary N) is 1. The molecule has 0 fully saturated rings. The summed E-state index contributed by atoms with van der Waals surface area (Å²) in [6.45, 7) is -1.24. The molecule has 0 aliphatic rings. The standard InChI is InChI=1S/C12H15F4NO3/c13-9-3-1-2-4-10(9)20-7-8(18)5-17-6-11(19)12(14,15)16/h1-4,8,11,17-19H,5-7H2. The lowest BCUT2D eigenvalue weighted by Crippen LogP contribution is -2.41. The van der Waals surface area contributed by atoms with Crippen LogP contribution in [0.3, 0.4) is 0 Å². The Kier molecular flexibility index (Phi) is 6.18. The first-order valence-electron chi connectivity index (χ1n) is 5.81. The van der Waals surface area contributed by atoms with Crippen LogP contribution in [0.5, 0.6) is 5.75 Å². The van der Waals surface area contributed by atoms with E-state index in [0.717, 1.165) is 0 Å². The monoisotopic (exact) mass is 297 g/mol. The molecular weight excluding hydrogens is 282 g/mol. The van der Waals surface area contributed by atoms with Crippen molar-refractivity contribution in [2.75, 3.05) is 19.7 Å². The van der Waals surface area contributed by atoms with Crippen molar-refractivity contribution in [3.05, 3.63) is 30.1 Å². The topological polar surface area (TPSA) is 61.7 Å². The van der Waals surface area contributed by atoms with Gasteiger partial charge >= 0.3 is 6.18 Å². The Labute approximate surface area is 113 Å². The molecule has 0 aliphatic carbocycles. The molecule has 0 aliphatic heterocycles. The SMILES string of the molecule is OC(CNCC(O)C(F)(F)F)COc1ccccc1F. The Bertz CT molecular complexity index is 414. The van der Waals surface area contributed by atoms with Crippen molar-refractivity contribution in [1.29, 1.82) is 0 Å². The van der Waals surface area contributed by atoms with Gasteiger partial charge in [0.25, 0.3) is 0 Å². The summed E-state index contributed by atoms with van der Waals surface area (Å²) in [5, 5.41) is 20.4. The zero-order valence-electron chi connectivity index (χ0n) is 10.4. The van der Waals surface area contributed by atoms with Gasteiger partial charge in [0.1, 0.15) is 12.7 Å². The zero-order valence-corrected chi connectivity index (χ0v) is 10.4. The van der Waals surface area contributed by atoms with Gasteiger partial charge in [-0.15, -0.1) is 0 Å². The molecule has 0 amide bonds. The highest BCUT2D eigenvalue weighted by Crippen LogP contribution is 2.19. The van der Waals surface area contributed by atoms with E-state index in [0.29, 0.717) is 0 Å². The first-order valence-corrected chi connectivity index (χ1v) is 5.81. The highest BCUT2D eigenvalue weighted by molar-refractivity contribution is 5.23. The van der Waals surface area contributed by atoms with Crippen molar-refractivity contribution < 1.29 is 32.5 Å². The number of halogens is 4. The fourth-order valence-electron chi connectivity index (χ4n) is 1.31. The van der Waals surface area contributed by atoms with E-state index in [-0.39, 0.29) is 18.9 Å². The Hall–Kier alpha value is -1.38. The molecule has 1 aromatic rings. The molecule has 20 heavy (non-hydrogen) atoms. The average molecular weight is 297 g/mol. The molecule has 2 atom stereocenters. The van der Waals surface area contributed by atoms with Gasteiger partial charge < -0.3 is 20.3 Å². The van der Waals surface area contributed by atoms with Crippen molar-refractivity contribution in [2.45, 2.75) is 18.4 Å². The van der Waals surface area contributed by atoms with Crippen LogP contribution in [0.1, 0.15) is 0 Å². The zero-order chi connectivity index (χ0) is 15.2. The number of aliphatic hydroxyl groups excluding tert-OH is 2. The van der Waals surface area contributed by atoms with E-state index in [1.54, 1.807) is 6.07 Å². The van der Waals surface area contributed by atoms with E-state index in [1.165, 1.54) is 18.2 Å². The van der Waals surface area contributed by atoms with Crippen LogP contribution in [-0.2, 0) is 0 Å². The summed E-state index contributed by atoms with van der Waals surface area (Å²) in [6.07, 6.45) is -8.33. The minimum atomic E-state index is -4.71. The Morgan fingerprint density at radius 3 is 2.40 bits per heavy atom. The average Bonchev–Trinajstić information content (AvgIpc) is 2.36. The van der Waals surface area contributed by atoms with Crippen LogP contribution in [0.15, 0.2) is 24.3 Å². The first-order chi connectivity index (χ1) is 9.30. The molecule has 1 rings (SSSR count). The maximum atomic E-state index is 13.1. The third kappa shape index (κ3) is 5.72. The van der Waals surface area contributed by atoms with Crippen LogP contribution >= 0.6 is 0 Å². The Morgan fingerprint density at radius 2 is 1.80 bits per heavy atom. The summed E-state index contributed by atoms with van der Waals surface area (Å²) in [4.78, 5) is 0. The van der Waals surface area contributed by atoms with E-state index >= 15 is 0 Å². The number of para-hydroxylation sites is 1. The molecule has 0 aromatic heterocycles. The molecule has 0 radical (unpaired) electrons. The van der Waals surface area contributed by atoms with Gasteiger partial charge in [0.05, 0.1) is 0 Å². The molecule has 4 nitrogen and oxygen atoms in total. The second-order valence-corrected chi connectivity index (χ2v) is 4.11. The van der Waals surface area contributed by atoms with Crippen LogP contribution in [-0.4, -0.2) is 48.3 Å². The molecule has 1 aromatic carbocycles. The molecule has 0 bridgehead atoms.